The molecule has 0 aliphatic heterocycles. The maximum atomic E-state index is 12.0. The topological polar surface area (TPSA) is 112 Å². The first kappa shape index (κ1) is 21.4. The number of carbonyl (C=O) groups excluding carboxylic acids is 1. The van der Waals surface area contributed by atoms with Gasteiger partial charge in [-0.3, -0.25) is 10.1 Å². The summed E-state index contributed by atoms with van der Waals surface area (Å²) in [5.41, 5.74) is 1.15. The van der Waals surface area contributed by atoms with Gasteiger partial charge < -0.3 is 14.2 Å². The molecule has 0 bridgehead atoms. The van der Waals surface area contributed by atoms with Crippen LogP contribution in [0.3, 0.4) is 0 Å². The molecule has 2 aromatic carbocycles. The summed E-state index contributed by atoms with van der Waals surface area (Å²) in [4.78, 5) is 22.2. The molecule has 0 saturated heterocycles. The van der Waals surface area contributed by atoms with Crippen molar-refractivity contribution in [3.05, 3.63) is 69.3 Å². The number of nitriles is 1. The molecule has 29 heavy (non-hydrogen) atoms. The first-order valence-corrected chi connectivity index (χ1v) is 8.71. The highest BCUT2D eigenvalue weighted by atomic mass is 16.6. The SMILES string of the molecule is COc1ccc(/C=C(\C#N)C(=O)OC(C)C)cc1OCc1ccc([N+](=O)[O-])cc1. The molecule has 0 unspecified atom stereocenters. The highest BCUT2D eigenvalue weighted by molar-refractivity contribution is 5.98. The highest BCUT2D eigenvalue weighted by Crippen LogP contribution is 2.30. The van der Waals surface area contributed by atoms with Crippen LogP contribution >= 0.6 is 0 Å². The number of hydrogen-bond acceptors (Lipinski definition) is 7. The van der Waals surface area contributed by atoms with E-state index in [2.05, 4.69) is 0 Å². The van der Waals surface area contributed by atoms with Gasteiger partial charge in [0.05, 0.1) is 18.1 Å². The Balaban J connectivity index is 2.21. The number of ether oxygens (including phenoxy) is 3. The molecule has 0 spiro atoms. The molecule has 0 saturated carbocycles. The number of carbonyl (C=O) groups is 1. The second-order valence-corrected chi connectivity index (χ2v) is 6.25. The number of benzene rings is 2. The molecule has 2 aromatic rings. The summed E-state index contributed by atoms with van der Waals surface area (Å²) in [5, 5.41) is 20.0. The van der Waals surface area contributed by atoms with E-state index in [0.717, 1.165) is 5.56 Å². The maximum absolute atomic E-state index is 12.0. The van der Waals surface area contributed by atoms with E-state index in [-0.39, 0.29) is 24.0 Å². The van der Waals surface area contributed by atoms with Gasteiger partial charge in [-0.15, -0.1) is 0 Å². The van der Waals surface area contributed by atoms with E-state index >= 15 is 0 Å². The molecule has 0 aromatic heterocycles. The van der Waals surface area contributed by atoms with Gasteiger partial charge >= 0.3 is 5.97 Å². The molecule has 0 fully saturated rings. The number of hydrogen-bond donors (Lipinski definition) is 0. The van der Waals surface area contributed by atoms with Gasteiger partial charge in [0.25, 0.3) is 5.69 Å². The van der Waals surface area contributed by atoms with Crippen LogP contribution in [0.25, 0.3) is 6.08 Å². The van der Waals surface area contributed by atoms with Gasteiger partial charge in [-0.05, 0) is 55.3 Å². The summed E-state index contributed by atoms with van der Waals surface area (Å²) in [5.74, 6) is 0.160. The molecule has 150 valence electrons. The van der Waals surface area contributed by atoms with E-state index in [1.165, 1.54) is 25.3 Å². The monoisotopic (exact) mass is 396 g/mol. The number of rotatable bonds is 8. The van der Waals surface area contributed by atoms with Crippen molar-refractivity contribution in [2.45, 2.75) is 26.6 Å². The molecule has 2 rings (SSSR count). The standard InChI is InChI=1S/C21H20N2O6/c1-14(2)29-21(24)17(12-22)10-16-6-9-19(27-3)20(11-16)28-13-15-4-7-18(8-5-15)23(25)26/h4-11,14H,13H2,1-3H3/b17-10+. The largest absolute Gasteiger partial charge is 0.493 e. The van der Waals surface area contributed by atoms with E-state index in [9.17, 15) is 20.2 Å². The number of nitrogens with zero attached hydrogens (tertiary/aromatic N) is 2. The first-order chi connectivity index (χ1) is 13.8. The van der Waals surface area contributed by atoms with Crippen LogP contribution in [0.1, 0.15) is 25.0 Å². The van der Waals surface area contributed by atoms with Crippen molar-refractivity contribution in [3.8, 4) is 17.6 Å². The van der Waals surface area contributed by atoms with E-state index < -0.39 is 10.9 Å². The average molecular weight is 396 g/mol. The Morgan fingerprint density at radius 2 is 1.90 bits per heavy atom. The molecular weight excluding hydrogens is 376 g/mol. The van der Waals surface area contributed by atoms with Gasteiger partial charge in [-0.25, -0.2) is 4.79 Å². The van der Waals surface area contributed by atoms with Crippen LogP contribution in [-0.4, -0.2) is 24.1 Å². The summed E-state index contributed by atoms with van der Waals surface area (Å²) in [6.45, 7) is 3.55. The Bertz CT molecular complexity index is 958. The van der Waals surface area contributed by atoms with E-state index in [4.69, 9.17) is 14.2 Å². The van der Waals surface area contributed by atoms with E-state index in [0.29, 0.717) is 17.1 Å². The molecule has 0 aliphatic carbocycles. The molecule has 0 aliphatic rings. The average Bonchev–Trinajstić information content (AvgIpc) is 2.70. The minimum absolute atomic E-state index is 0.00391. The van der Waals surface area contributed by atoms with Gasteiger partial charge in [0.1, 0.15) is 18.2 Å². The molecule has 8 heteroatoms. The Morgan fingerprint density at radius 3 is 2.45 bits per heavy atom. The molecule has 8 nitrogen and oxygen atoms in total. The maximum Gasteiger partial charge on any atom is 0.349 e. The molecule has 0 N–H and O–H groups in total. The quantitative estimate of drug-likeness (QED) is 0.218. The summed E-state index contributed by atoms with van der Waals surface area (Å²) >= 11 is 0. The van der Waals surface area contributed by atoms with Gasteiger partial charge in [-0.1, -0.05) is 6.07 Å². The van der Waals surface area contributed by atoms with Crippen molar-refractivity contribution >= 4 is 17.7 Å². The second-order valence-electron chi connectivity index (χ2n) is 6.25. The van der Waals surface area contributed by atoms with Gasteiger partial charge in [0.2, 0.25) is 0 Å². The summed E-state index contributed by atoms with van der Waals surface area (Å²) in [6.07, 6.45) is 1.07. The lowest BCUT2D eigenvalue weighted by molar-refractivity contribution is -0.384. The Morgan fingerprint density at radius 1 is 1.21 bits per heavy atom. The molecule has 0 heterocycles. The fourth-order valence-electron chi connectivity index (χ4n) is 2.35. The van der Waals surface area contributed by atoms with Crippen LogP contribution in [0.5, 0.6) is 11.5 Å². The smallest absolute Gasteiger partial charge is 0.349 e. The lowest BCUT2D eigenvalue weighted by Gasteiger charge is -2.12. The first-order valence-electron chi connectivity index (χ1n) is 8.71. The van der Waals surface area contributed by atoms with Gasteiger partial charge in [0.15, 0.2) is 11.5 Å². The van der Waals surface area contributed by atoms with Crippen LogP contribution in [-0.2, 0) is 16.1 Å². The number of non-ortho nitro benzene ring substituents is 1. The third-order valence-corrected chi connectivity index (χ3v) is 3.72. The predicted octanol–water partition coefficient (Wildman–Crippen LogP) is 4.04. The van der Waals surface area contributed by atoms with Crippen LogP contribution < -0.4 is 9.47 Å². The number of esters is 1. The Labute approximate surface area is 168 Å². The van der Waals surface area contributed by atoms with Crippen LogP contribution in [0.15, 0.2) is 48.0 Å². The lowest BCUT2D eigenvalue weighted by atomic mass is 10.1. The minimum atomic E-state index is -0.702. The Hall–Kier alpha value is -3.86. The van der Waals surface area contributed by atoms with Crippen molar-refractivity contribution in [2.75, 3.05) is 7.11 Å². The van der Waals surface area contributed by atoms with Crippen LogP contribution in [0.4, 0.5) is 5.69 Å². The number of nitro groups is 1. The molecule has 0 radical (unpaired) electrons. The van der Waals surface area contributed by atoms with Crippen LogP contribution in [0, 0.1) is 21.4 Å². The zero-order valence-electron chi connectivity index (χ0n) is 16.2. The van der Waals surface area contributed by atoms with E-state index in [1.807, 2.05) is 6.07 Å². The predicted molar refractivity (Wildman–Crippen MR) is 105 cm³/mol. The van der Waals surface area contributed by atoms with Crippen molar-refractivity contribution in [3.63, 3.8) is 0 Å². The summed E-state index contributed by atoms with van der Waals surface area (Å²) in [6, 6.07) is 12.8. The fraction of sp³-hybridized carbons (Fsp3) is 0.238. The highest BCUT2D eigenvalue weighted by Gasteiger charge is 2.14. The molecule has 0 amide bonds. The van der Waals surface area contributed by atoms with Crippen molar-refractivity contribution in [1.82, 2.24) is 0 Å². The lowest BCUT2D eigenvalue weighted by Crippen LogP contribution is -2.12. The van der Waals surface area contributed by atoms with Gasteiger partial charge in [-0.2, -0.15) is 5.26 Å². The zero-order valence-corrected chi connectivity index (χ0v) is 16.2. The summed E-state index contributed by atoms with van der Waals surface area (Å²) in [7, 11) is 1.49. The van der Waals surface area contributed by atoms with Crippen molar-refractivity contribution < 1.29 is 23.9 Å². The summed E-state index contributed by atoms with van der Waals surface area (Å²) < 4.78 is 16.1. The normalized spacial score (nSPS) is 10.9. The van der Waals surface area contributed by atoms with Gasteiger partial charge in [0, 0.05) is 12.1 Å². The van der Waals surface area contributed by atoms with Crippen molar-refractivity contribution in [2.24, 2.45) is 0 Å². The third-order valence-electron chi connectivity index (χ3n) is 3.72. The Kier molecular flexibility index (Phi) is 7.32. The molecule has 0 atom stereocenters. The fourth-order valence-corrected chi connectivity index (χ4v) is 2.35. The van der Waals surface area contributed by atoms with Crippen molar-refractivity contribution in [1.29, 1.82) is 5.26 Å². The number of methoxy groups -OCH3 is 1. The van der Waals surface area contributed by atoms with E-state index in [1.54, 1.807) is 44.2 Å². The zero-order chi connectivity index (χ0) is 21.4. The molecular formula is C21H20N2O6. The third kappa shape index (κ3) is 6.07. The number of nitro benzene ring substituents is 1. The van der Waals surface area contributed by atoms with Crippen LogP contribution in [0.2, 0.25) is 0 Å². The minimum Gasteiger partial charge on any atom is -0.493 e. The second kappa shape index (κ2) is 9.90.